The number of aryl methyl sites for hydroxylation is 1. The molecule has 0 unspecified atom stereocenters. The van der Waals surface area contributed by atoms with Gasteiger partial charge in [0, 0.05) is 19.3 Å². The fourth-order valence-corrected chi connectivity index (χ4v) is 1.51. The van der Waals surface area contributed by atoms with Gasteiger partial charge in [-0.3, -0.25) is 9.67 Å². The molecule has 1 heterocycles. The Morgan fingerprint density at radius 2 is 2.15 bits per heavy atom. The van der Waals surface area contributed by atoms with Crippen molar-refractivity contribution in [1.82, 2.24) is 20.4 Å². The molecule has 1 aromatic heterocycles. The predicted octanol–water partition coefficient (Wildman–Crippen LogP) is 1.70. The number of alkyl halides is 3. The molecule has 114 valence electrons. The fourth-order valence-electron chi connectivity index (χ4n) is 1.51. The third-order valence-corrected chi connectivity index (χ3v) is 2.41. The Morgan fingerprint density at radius 3 is 2.70 bits per heavy atom. The number of aromatic nitrogens is 2. The van der Waals surface area contributed by atoms with Gasteiger partial charge in [0.05, 0.1) is 25.7 Å². The third kappa shape index (κ3) is 7.01. The first-order valence-corrected chi connectivity index (χ1v) is 6.48. The molecule has 0 amide bonds. The van der Waals surface area contributed by atoms with Crippen LogP contribution >= 0.6 is 0 Å². The van der Waals surface area contributed by atoms with Crippen molar-refractivity contribution < 1.29 is 13.2 Å². The Labute approximate surface area is 116 Å². The minimum atomic E-state index is -4.17. The number of guanidine groups is 1. The molecule has 0 radical (unpaired) electrons. The molecule has 0 saturated heterocycles. The smallest absolute Gasteiger partial charge is 0.357 e. The minimum Gasteiger partial charge on any atom is -0.357 e. The summed E-state index contributed by atoms with van der Waals surface area (Å²) in [4.78, 5) is 3.88. The summed E-state index contributed by atoms with van der Waals surface area (Å²) in [6.07, 6.45) is -1.44. The van der Waals surface area contributed by atoms with Gasteiger partial charge in [-0.05, 0) is 19.4 Å². The quantitative estimate of drug-likeness (QED) is 0.619. The Balaban J connectivity index is 2.36. The molecular weight excluding hydrogens is 271 g/mol. The number of aliphatic imine (C=N–C) groups is 1. The number of nitrogens with one attached hydrogen (secondary N) is 2. The molecule has 0 spiro atoms. The van der Waals surface area contributed by atoms with Crippen LogP contribution in [0.3, 0.4) is 0 Å². The first kappa shape index (κ1) is 16.3. The summed E-state index contributed by atoms with van der Waals surface area (Å²) >= 11 is 0. The SMILES string of the molecule is CCNC(=NCCC(F)(F)F)NCCn1cc(C)cn1. The minimum absolute atomic E-state index is 0.278. The van der Waals surface area contributed by atoms with Crippen LogP contribution in [0.4, 0.5) is 13.2 Å². The Morgan fingerprint density at radius 1 is 1.40 bits per heavy atom. The van der Waals surface area contributed by atoms with Crippen molar-refractivity contribution in [2.75, 3.05) is 19.6 Å². The van der Waals surface area contributed by atoms with Gasteiger partial charge in [-0.2, -0.15) is 18.3 Å². The van der Waals surface area contributed by atoms with E-state index >= 15 is 0 Å². The molecule has 1 rings (SSSR count). The van der Waals surface area contributed by atoms with Crippen LogP contribution in [0.5, 0.6) is 0 Å². The highest BCUT2D eigenvalue weighted by Gasteiger charge is 2.26. The largest absolute Gasteiger partial charge is 0.390 e. The van der Waals surface area contributed by atoms with E-state index in [2.05, 4.69) is 20.7 Å². The van der Waals surface area contributed by atoms with Crippen LogP contribution in [0.2, 0.25) is 0 Å². The molecule has 0 aliphatic rings. The Kier molecular flexibility index (Phi) is 6.33. The summed E-state index contributed by atoms with van der Waals surface area (Å²) in [6.45, 7) is 5.28. The molecule has 0 saturated carbocycles. The van der Waals surface area contributed by atoms with Crippen molar-refractivity contribution >= 4 is 5.96 Å². The molecule has 1 aromatic rings. The van der Waals surface area contributed by atoms with Gasteiger partial charge in [-0.25, -0.2) is 0 Å². The van der Waals surface area contributed by atoms with Crippen LogP contribution in [0.15, 0.2) is 17.4 Å². The van der Waals surface area contributed by atoms with E-state index in [-0.39, 0.29) is 6.54 Å². The van der Waals surface area contributed by atoms with E-state index in [4.69, 9.17) is 0 Å². The maximum Gasteiger partial charge on any atom is 0.390 e. The molecule has 8 heteroatoms. The van der Waals surface area contributed by atoms with Gasteiger partial charge in [0.2, 0.25) is 0 Å². The average Bonchev–Trinajstić information content (AvgIpc) is 2.73. The summed E-state index contributed by atoms with van der Waals surface area (Å²) in [7, 11) is 0. The first-order chi connectivity index (χ1) is 9.40. The second kappa shape index (κ2) is 7.76. The van der Waals surface area contributed by atoms with E-state index in [1.165, 1.54) is 0 Å². The number of nitrogens with zero attached hydrogens (tertiary/aromatic N) is 3. The highest BCUT2D eigenvalue weighted by Crippen LogP contribution is 2.18. The predicted molar refractivity (Wildman–Crippen MR) is 71.6 cm³/mol. The number of rotatable bonds is 6. The second-order valence-electron chi connectivity index (χ2n) is 4.33. The number of halogens is 3. The molecule has 20 heavy (non-hydrogen) atoms. The maximum absolute atomic E-state index is 12.0. The van der Waals surface area contributed by atoms with Gasteiger partial charge >= 0.3 is 6.18 Å². The lowest BCUT2D eigenvalue weighted by Crippen LogP contribution is -2.39. The molecule has 0 fully saturated rings. The lowest BCUT2D eigenvalue weighted by atomic mass is 10.4. The zero-order valence-corrected chi connectivity index (χ0v) is 11.7. The first-order valence-electron chi connectivity index (χ1n) is 6.48. The van der Waals surface area contributed by atoms with Crippen LogP contribution in [0.1, 0.15) is 18.9 Å². The van der Waals surface area contributed by atoms with Crippen molar-refractivity contribution in [3.8, 4) is 0 Å². The van der Waals surface area contributed by atoms with E-state index in [1.54, 1.807) is 10.9 Å². The normalized spacial score (nSPS) is 12.6. The topological polar surface area (TPSA) is 54.2 Å². The van der Waals surface area contributed by atoms with Crippen molar-refractivity contribution in [2.45, 2.75) is 33.0 Å². The summed E-state index contributed by atoms with van der Waals surface area (Å²) < 4.78 is 37.9. The van der Waals surface area contributed by atoms with Gasteiger partial charge in [0.15, 0.2) is 5.96 Å². The molecule has 0 atom stereocenters. The summed E-state index contributed by atoms with van der Waals surface area (Å²) in [6, 6.07) is 0. The van der Waals surface area contributed by atoms with Crippen molar-refractivity contribution in [3.63, 3.8) is 0 Å². The van der Waals surface area contributed by atoms with Gasteiger partial charge < -0.3 is 10.6 Å². The Bertz CT molecular complexity index is 425. The number of hydrogen-bond acceptors (Lipinski definition) is 2. The van der Waals surface area contributed by atoms with Gasteiger partial charge in [0.1, 0.15) is 0 Å². The van der Waals surface area contributed by atoms with E-state index in [1.807, 2.05) is 20.0 Å². The Hall–Kier alpha value is -1.73. The van der Waals surface area contributed by atoms with Crippen LogP contribution in [-0.2, 0) is 6.54 Å². The zero-order valence-electron chi connectivity index (χ0n) is 11.7. The second-order valence-corrected chi connectivity index (χ2v) is 4.33. The third-order valence-electron chi connectivity index (χ3n) is 2.41. The highest BCUT2D eigenvalue weighted by molar-refractivity contribution is 5.79. The van der Waals surface area contributed by atoms with Crippen LogP contribution in [0.25, 0.3) is 0 Å². The van der Waals surface area contributed by atoms with E-state index in [0.29, 0.717) is 25.6 Å². The van der Waals surface area contributed by atoms with Crippen LogP contribution in [-0.4, -0.2) is 41.6 Å². The van der Waals surface area contributed by atoms with Gasteiger partial charge in [-0.1, -0.05) is 0 Å². The zero-order chi connectivity index (χ0) is 15.0. The summed E-state index contributed by atoms with van der Waals surface area (Å²) in [5, 5.41) is 10.00. The van der Waals surface area contributed by atoms with E-state index in [9.17, 15) is 13.2 Å². The van der Waals surface area contributed by atoms with Crippen LogP contribution in [0, 0.1) is 6.92 Å². The van der Waals surface area contributed by atoms with Crippen LogP contribution < -0.4 is 10.6 Å². The van der Waals surface area contributed by atoms with Gasteiger partial charge in [0.25, 0.3) is 0 Å². The molecule has 0 aromatic carbocycles. The molecule has 0 aliphatic carbocycles. The van der Waals surface area contributed by atoms with Crippen molar-refractivity contribution in [2.24, 2.45) is 4.99 Å². The monoisotopic (exact) mass is 291 g/mol. The highest BCUT2D eigenvalue weighted by atomic mass is 19.4. The summed E-state index contributed by atoms with van der Waals surface area (Å²) in [5.74, 6) is 0.389. The summed E-state index contributed by atoms with van der Waals surface area (Å²) in [5.41, 5.74) is 1.07. The fraction of sp³-hybridized carbons (Fsp3) is 0.667. The molecule has 0 aliphatic heterocycles. The maximum atomic E-state index is 12.0. The molecule has 5 nitrogen and oxygen atoms in total. The molecule has 0 bridgehead atoms. The lowest BCUT2D eigenvalue weighted by molar-refractivity contribution is -0.132. The van der Waals surface area contributed by atoms with Crippen molar-refractivity contribution in [1.29, 1.82) is 0 Å². The average molecular weight is 291 g/mol. The van der Waals surface area contributed by atoms with E-state index < -0.39 is 12.6 Å². The lowest BCUT2D eigenvalue weighted by Gasteiger charge is -2.11. The molecular formula is C12H20F3N5. The van der Waals surface area contributed by atoms with E-state index in [0.717, 1.165) is 5.56 Å². The molecule has 2 N–H and O–H groups in total. The number of hydrogen-bond donors (Lipinski definition) is 2. The standard InChI is InChI=1S/C12H20F3N5/c1-3-16-11(17-5-4-12(13,14)15)18-6-7-20-9-10(2)8-19-20/h8-9H,3-7H2,1-2H3,(H2,16,17,18). The van der Waals surface area contributed by atoms with Gasteiger partial charge in [-0.15, -0.1) is 0 Å². The van der Waals surface area contributed by atoms with Crippen molar-refractivity contribution in [3.05, 3.63) is 18.0 Å².